The molecule has 0 saturated heterocycles. The largest absolute Gasteiger partial charge is 0.495 e. The molecule has 0 bridgehead atoms. The number of rotatable bonds is 3. The number of thiocarbonyl (C=S) groups is 1. The third-order valence-electron chi connectivity index (χ3n) is 2.32. The first kappa shape index (κ1) is 13.6. The molecule has 0 aliphatic heterocycles. The Kier molecular flexibility index (Phi) is 4.54. The van der Waals surface area contributed by atoms with Gasteiger partial charge in [0.05, 0.1) is 12.8 Å². The molecule has 4 nitrogen and oxygen atoms in total. The van der Waals surface area contributed by atoms with Crippen LogP contribution in [0.3, 0.4) is 0 Å². The number of hydrogen-bond acceptors (Lipinski definition) is 3. The van der Waals surface area contributed by atoms with Gasteiger partial charge in [-0.15, -0.1) is 0 Å². The number of nitrogens with one attached hydrogen (secondary N) is 2. The number of anilines is 2. The molecule has 6 heteroatoms. The lowest BCUT2D eigenvalue weighted by Gasteiger charge is -2.13. The van der Waals surface area contributed by atoms with Crippen molar-refractivity contribution < 1.29 is 4.74 Å². The molecule has 0 radical (unpaired) electrons. The summed E-state index contributed by atoms with van der Waals surface area (Å²) in [5.74, 6) is 1.33. The number of methoxy groups -OCH3 is 1. The van der Waals surface area contributed by atoms with Crippen LogP contribution in [0.1, 0.15) is 0 Å². The molecule has 0 aliphatic carbocycles. The Morgan fingerprint density at radius 2 is 2.11 bits per heavy atom. The monoisotopic (exact) mass is 293 g/mol. The second-order valence-corrected chi connectivity index (χ2v) is 4.48. The first-order valence-corrected chi connectivity index (χ1v) is 6.30. The van der Waals surface area contributed by atoms with Gasteiger partial charge in [0.2, 0.25) is 0 Å². The molecule has 0 fully saturated rings. The standard InChI is InChI=1S/C13H12ClN3OS/c1-18-11-6-5-9(14)8-10(11)16-13(19)17-12-4-2-3-7-15-12/h2-8H,1H3,(H2,15,16,17,19). The van der Waals surface area contributed by atoms with Gasteiger partial charge in [-0.3, -0.25) is 0 Å². The van der Waals surface area contributed by atoms with Gasteiger partial charge >= 0.3 is 0 Å². The Hall–Kier alpha value is -1.85. The molecule has 0 spiro atoms. The minimum absolute atomic E-state index is 0.416. The summed E-state index contributed by atoms with van der Waals surface area (Å²) in [6, 6.07) is 10.8. The molecule has 2 N–H and O–H groups in total. The molecule has 98 valence electrons. The lowest BCUT2D eigenvalue weighted by Crippen LogP contribution is -2.20. The Bertz CT molecular complexity index is 577. The molecule has 19 heavy (non-hydrogen) atoms. The van der Waals surface area contributed by atoms with Gasteiger partial charge in [-0.05, 0) is 42.5 Å². The molecule has 2 aromatic rings. The van der Waals surface area contributed by atoms with E-state index in [1.807, 2.05) is 18.2 Å². The van der Waals surface area contributed by atoms with E-state index in [9.17, 15) is 0 Å². The van der Waals surface area contributed by atoms with E-state index in [0.29, 0.717) is 27.4 Å². The van der Waals surface area contributed by atoms with Crippen LogP contribution in [0, 0.1) is 0 Å². The third-order valence-corrected chi connectivity index (χ3v) is 2.76. The molecule has 0 atom stereocenters. The van der Waals surface area contributed by atoms with Gasteiger partial charge < -0.3 is 15.4 Å². The van der Waals surface area contributed by atoms with Crippen LogP contribution in [0.5, 0.6) is 5.75 Å². The minimum Gasteiger partial charge on any atom is -0.495 e. The Balaban J connectivity index is 2.09. The predicted molar refractivity (Wildman–Crippen MR) is 82.1 cm³/mol. The van der Waals surface area contributed by atoms with Gasteiger partial charge in [-0.25, -0.2) is 4.98 Å². The minimum atomic E-state index is 0.416. The number of aromatic nitrogens is 1. The summed E-state index contributed by atoms with van der Waals surface area (Å²) in [6.07, 6.45) is 1.69. The SMILES string of the molecule is COc1ccc(Cl)cc1NC(=S)Nc1ccccn1. The number of halogens is 1. The highest BCUT2D eigenvalue weighted by Gasteiger charge is 2.06. The zero-order chi connectivity index (χ0) is 13.7. The zero-order valence-electron chi connectivity index (χ0n) is 10.2. The molecule has 2 rings (SSSR count). The van der Waals surface area contributed by atoms with Crippen molar-refractivity contribution in [2.75, 3.05) is 17.7 Å². The molecule has 0 amide bonds. The van der Waals surface area contributed by atoms with Crippen molar-refractivity contribution >= 4 is 40.4 Å². The summed E-state index contributed by atoms with van der Waals surface area (Å²) >= 11 is 11.2. The Morgan fingerprint density at radius 1 is 1.26 bits per heavy atom. The van der Waals surface area contributed by atoms with Crippen LogP contribution in [0.4, 0.5) is 11.5 Å². The number of pyridine rings is 1. The number of ether oxygens (including phenoxy) is 1. The van der Waals surface area contributed by atoms with E-state index >= 15 is 0 Å². The second-order valence-electron chi connectivity index (χ2n) is 3.64. The average molecular weight is 294 g/mol. The summed E-state index contributed by atoms with van der Waals surface area (Å²) in [5.41, 5.74) is 0.698. The zero-order valence-corrected chi connectivity index (χ0v) is 11.8. The van der Waals surface area contributed by atoms with E-state index in [0.717, 1.165) is 0 Å². The topological polar surface area (TPSA) is 46.2 Å². The summed E-state index contributed by atoms with van der Waals surface area (Å²) in [6.45, 7) is 0. The van der Waals surface area contributed by atoms with Gasteiger partial charge in [-0.1, -0.05) is 17.7 Å². The van der Waals surface area contributed by atoms with E-state index in [1.165, 1.54) is 0 Å². The van der Waals surface area contributed by atoms with E-state index in [4.69, 9.17) is 28.6 Å². The van der Waals surface area contributed by atoms with Crippen LogP contribution in [-0.4, -0.2) is 17.2 Å². The quantitative estimate of drug-likeness (QED) is 0.848. The molecule has 1 heterocycles. The molecule has 1 aromatic carbocycles. The van der Waals surface area contributed by atoms with Crippen molar-refractivity contribution in [3.8, 4) is 5.75 Å². The highest BCUT2D eigenvalue weighted by atomic mass is 35.5. The molecule has 0 aliphatic rings. The van der Waals surface area contributed by atoms with Crippen LogP contribution < -0.4 is 15.4 Å². The fraction of sp³-hybridized carbons (Fsp3) is 0.0769. The van der Waals surface area contributed by atoms with Gasteiger partial charge in [0, 0.05) is 11.2 Å². The summed E-state index contributed by atoms with van der Waals surface area (Å²) < 4.78 is 5.23. The lowest BCUT2D eigenvalue weighted by atomic mass is 10.3. The van der Waals surface area contributed by atoms with E-state index < -0.39 is 0 Å². The van der Waals surface area contributed by atoms with Crippen LogP contribution in [-0.2, 0) is 0 Å². The molecule has 0 saturated carbocycles. The highest BCUT2D eigenvalue weighted by molar-refractivity contribution is 7.80. The fourth-order valence-corrected chi connectivity index (χ4v) is 1.87. The lowest BCUT2D eigenvalue weighted by molar-refractivity contribution is 0.417. The maximum atomic E-state index is 5.95. The second kappa shape index (κ2) is 6.36. The van der Waals surface area contributed by atoms with Crippen molar-refractivity contribution in [1.82, 2.24) is 4.98 Å². The third kappa shape index (κ3) is 3.81. The van der Waals surface area contributed by atoms with Gasteiger partial charge in [0.1, 0.15) is 11.6 Å². The summed E-state index contributed by atoms with van der Waals surface area (Å²) in [4.78, 5) is 4.12. The number of benzene rings is 1. The average Bonchev–Trinajstić information content (AvgIpc) is 2.40. The molecule has 0 unspecified atom stereocenters. The normalized spacial score (nSPS) is 9.79. The maximum Gasteiger partial charge on any atom is 0.176 e. The first-order valence-electron chi connectivity index (χ1n) is 5.51. The molecular weight excluding hydrogens is 282 g/mol. The van der Waals surface area contributed by atoms with Crippen molar-refractivity contribution in [2.45, 2.75) is 0 Å². The first-order chi connectivity index (χ1) is 9.19. The van der Waals surface area contributed by atoms with Gasteiger partial charge in [0.25, 0.3) is 0 Å². The van der Waals surface area contributed by atoms with Crippen LogP contribution >= 0.6 is 23.8 Å². The number of nitrogens with zero attached hydrogens (tertiary/aromatic N) is 1. The molecule has 1 aromatic heterocycles. The van der Waals surface area contributed by atoms with Crippen LogP contribution in [0.15, 0.2) is 42.6 Å². The van der Waals surface area contributed by atoms with Crippen molar-refractivity contribution in [1.29, 1.82) is 0 Å². The Labute approximate surface area is 121 Å². The van der Waals surface area contributed by atoms with Crippen LogP contribution in [0.2, 0.25) is 5.02 Å². The highest BCUT2D eigenvalue weighted by Crippen LogP contribution is 2.27. The van der Waals surface area contributed by atoms with E-state index in [1.54, 1.807) is 31.5 Å². The number of hydrogen-bond donors (Lipinski definition) is 2. The van der Waals surface area contributed by atoms with Crippen molar-refractivity contribution in [3.05, 3.63) is 47.6 Å². The van der Waals surface area contributed by atoms with Gasteiger partial charge in [-0.2, -0.15) is 0 Å². The van der Waals surface area contributed by atoms with Gasteiger partial charge in [0.15, 0.2) is 5.11 Å². The fourth-order valence-electron chi connectivity index (χ4n) is 1.48. The molecular formula is C13H12ClN3OS. The smallest absolute Gasteiger partial charge is 0.176 e. The van der Waals surface area contributed by atoms with Crippen LogP contribution in [0.25, 0.3) is 0 Å². The van der Waals surface area contributed by atoms with E-state index in [-0.39, 0.29) is 0 Å². The predicted octanol–water partition coefficient (Wildman–Crippen LogP) is 3.55. The summed E-state index contributed by atoms with van der Waals surface area (Å²) in [5, 5.41) is 7.01. The van der Waals surface area contributed by atoms with Crippen molar-refractivity contribution in [2.24, 2.45) is 0 Å². The van der Waals surface area contributed by atoms with E-state index in [2.05, 4.69) is 15.6 Å². The van der Waals surface area contributed by atoms with Crippen molar-refractivity contribution in [3.63, 3.8) is 0 Å². The maximum absolute atomic E-state index is 5.95. The summed E-state index contributed by atoms with van der Waals surface area (Å²) in [7, 11) is 1.59. The Morgan fingerprint density at radius 3 is 2.79 bits per heavy atom.